The van der Waals surface area contributed by atoms with E-state index in [-0.39, 0.29) is 10.7 Å². The van der Waals surface area contributed by atoms with Crippen LogP contribution in [-0.2, 0) is 15.1 Å². The number of carbonyl (C=O) groups excluding carboxylic acids is 3. The number of hydrogen-bond donors (Lipinski definition) is 2. The van der Waals surface area contributed by atoms with Crippen LogP contribution in [0, 0.1) is 10.1 Å². The zero-order valence-electron chi connectivity index (χ0n) is 13.9. The summed E-state index contributed by atoms with van der Waals surface area (Å²) in [6, 6.07) is 6.50. The van der Waals surface area contributed by atoms with E-state index in [4.69, 9.17) is 11.6 Å². The van der Waals surface area contributed by atoms with Gasteiger partial charge in [-0.05, 0) is 30.5 Å². The van der Waals surface area contributed by atoms with Gasteiger partial charge in [0.25, 0.3) is 11.6 Å². The zero-order valence-corrected chi connectivity index (χ0v) is 15.5. The van der Waals surface area contributed by atoms with Crippen molar-refractivity contribution in [2.75, 3.05) is 11.9 Å². The van der Waals surface area contributed by atoms with Gasteiger partial charge in [-0.15, -0.1) is 11.3 Å². The summed E-state index contributed by atoms with van der Waals surface area (Å²) in [6.07, 6.45) is 0. The minimum Gasteiger partial charge on any atom is -0.319 e. The minimum absolute atomic E-state index is 0.0810. The number of halogens is 1. The third-order valence-corrected chi connectivity index (χ3v) is 5.35. The van der Waals surface area contributed by atoms with Crippen molar-refractivity contribution in [3.05, 3.63) is 55.7 Å². The molecule has 2 N–H and O–H groups in total. The van der Waals surface area contributed by atoms with Gasteiger partial charge in [-0.25, -0.2) is 4.79 Å². The summed E-state index contributed by atoms with van der Waals surface area (Å²) in [7, 11) is 0. The summed E-state index contributed by atoms with van der Waals surface area (Å²) in [5.41, 5.74) is -1.73. The second-order valence-corrected chi connectivity index (χ2v) is 7.27. The SMILES string of the molecule is CC1(c2cccs2)NC(=O)N(CC(=O)Nc2ccc(Cl)cc2[N+](=O)[O-])C1=O. The molecule has 1 saturated heterocycles. The molecule has 0 bridgehead atoms. The molecule has 1 aromatic heterocycles. The van der Waals surface area contributed by atoms with E-state index in [0.29, 0.717) is 4.88 Å². The number of anilines is 1. The van der Waals surface area contributed by atoms with Crippen LogP contribution in [0.3, 0.4) is 0 Å². The summed E-state index contributed by atoms with van der Waals surface area (Å²) in [5, 5.41) is 17.9. The van der Waals surface area contributed by atoms with Crippen LogP contribution in [-0.4, -0.2) is 34.2 Å². The number of hydrogen-bond acceptors (Lipinski definition) is 6. The first-order chi connectivity index (χ1) is 12.7. The molecule has 1 aliphatic heterocycles. The summed E-state index contributed by atoms with van der Waals surface area (Å²) in [6.45, 7) is 0.979. The molecule has 0 aliphatic carbocycles. The number of rotatable bonds is 5. The molecule has 1 aromatic carbocycles. The molecule has 0 saturated carbocycles. The first kappa shape index (κ1) is 18.8. The van der Waals surface area contributed by atoms with Crippen LogP contribution in [0.4, 0.5) is 16.2 Å². The quantitative estimate of drug-likeness (QED) is 0.447. The largest absolute Gasteiger partial charge is 0.325 e. The molecule has 1 unspecified atom stereocenters. The molecule has 1 aliphatic rings. The predicted octanol–water partition coefficient (Wildman–Crippen LogP) is 2.72. The summed E-state index contributed by atoms with van der Waals surface area (Å²) < 4.78 is 0. The number of nitro benzene ring substituents is 1. The summed E-state index contributed by atoms with van der Waals surface area (Å²) >= 11 is 7.04. The maximum Gasteiger partial charge on any atom is 0.325 e. The lowest BCUT2D eigenvalue weighted by molar-refractivity contribution is -0.383. The Balaban J connectivity index is 1.76. The molecule has 0 radical (unpaired) electrons. The highest BCUT2D eigenvalue weighted by Crippen LogP contribution is 2.32. The van der Waals surface area contributed by atoms with Crippen LogP contribution >= 0.6 is 22.9 Å². The molecule has 2 heterocycles. The van der Waals surface area contributed by atoms with Gasteiger partial charge in [0.05, 0.1) is 4.92 Å². The highest BCUT2D eigenvalue weighted by Gasteiger charge is 2.50. The van der Waals surface area contributed by atoms with Gasteiger partial charge >= 0.3 is 6.03 Å². The van der Waals surface area contributed by atoms with Gasteiger partial charge in [0, 0.05) is 16.0 Å². The van der Waals surface area contributed by atoms with Crippen molar-refractivity contribution in [2.45, 2.75) is 12.5 Å². The number of thiophene rings is 1. The molecular formula is C16H13ClN4O5S. The van der Waals surface area contributed by atoms with E-state index in [1.54, 1.807) is 24.4 Å². The highest BCUT2D eigenvalue weighted by molar-refractivity contribution is 7.10. The number of imide groups is 1. The van der Waals surface area contributed by atoms with E-state index in [2.05, 4.69) is 10.6 Å². The van der Waals surface area contributed by atoms with E-state index in [0.717, 1.165) is 11.0 Å². The molecule has 27 heavy (non-hydrogen) atoms. The molecule has 3 rings (SSSR count). The second-order valence-electron chi connectivity index (χ2n) is 5.89. The van der Waals surface area contributed by atoms with Crippen molar-refractivity contribution >= 4 is 52.2 Å². The Kier molecular flexibility index (Phi) is 4.85. The third-order valence-electron chi connectivity index (χ3n) is 4.02. The van der Waals surface area contributed by atoms with Gasteiger partial charge in [0.1, 0.15) is 12.2 Å². The van der Waals surface area contributed by atoms with Crippen LogP contribution < -0.4 is 10.6 Å². The molecule has 140 valence electrons. The third kappa shape index (κ3) is 3.49. The molecule has 2 aromatic rings. The average Bonchev–Trinajstić information content (AvgIpc) is 3.21. The number of carbonyl (C=O) groups is 3. The van der Waals surface area contributed by atoms with Gasteiger partial charge in [0.15, 0.2) is 5.54 Å². The van der Waals surface area contributed by atoms with Crippen molar-refractivity contribution in [3.8, 4) is 0 Å². The average molecular weight is 409 g/mol. The zero-order chi connectivity index (χ0) is 19.8. The lowest BCUT2D eigenvalue weighted by atomic mass is 10.0. The standard InChI is InChI=1S/C16H13ClN4O5S/c1-16(12-3-2-6-27-12)14(23)20(15(24)19-16)8-13(22)18-10-5-4-9(17)7-11(10)21(25)26/h2-7H,8H2,1H3,(H,18,22)(H,19,24). The lowest BCUT2D eigenvalue weighted by Crippen LogP contribution is -2.41. The topological polar surface area (TPSA) is 122 Å². The Morgan fingerprint density at radius 3 is 2.78 bits per heavy atom. The number of nitro groups is 1. The number of amides is 4. The number of urea groups is 1. The van der Waals surface area contributed by atoms with Crippen molar-refractivity contribution in [1.82, 2.24) is 10.2 Å². The first-order valence-electron chi connectivity index (χ1n) is 7.64. The van der Waals surface area contributed by atoms with Gasteiger partial charge in [-0.1, -0.05) is 17.7 Å². The van der Waals surface area contributed by atoms with Crippen LogP contribution in [0.5, 0.6) is 0 Å². The molecular weight excluding hydrogens is 396 g/mol. The van der Waals surface area contributed by atoms with Gasteiger partial charge in [-0.3, -0.25) is 24.6 Å². The summed E-state index contributed by atoms with van der Waals surface area (Å²) in [5.74, 6) is -1.32. The predicted molar refractivity (Wildman–Crippen MR) is 98.7 cm³/mol. The molecule has 11 heteroatoms. The molecule has 9 nitrogen and oxygen atoms in total. The summed E-state index contributed by atoms with van der Waals surface area (Å²) in [4.78, 5) is 49.0. The van der Waals surface area contributed by atoms with Gasteiger partial charge < -0.3 is 10.6 Å². The highest BCUT2D eigenvalue weighted by atomic mass is 35.5. The Hall–Kier alpha value is -2.98. The number of nitrogens with zero attached hydrogens (tertiary/aromatic N) is 2. The second kappa shape index (κ2) is 6.97. The van der Waals surface area contributed by atoms with E-state index in [9.17, 15) is 24.5 Å². The van der Waals surface area contributed by atoms with Crippen LogP contribution in [0.1, 0.15) is 11.8 Å². The van der Waals surface area contributed by atoms with Crippen LogP contribution in [0.15, 0.2) is 35.7 Å². The normalized spacial score (nSPS) is 19.1. The van der Waals surface area contributed by atoms with Crippen LogP contribution in [0.2, 0.25) is 5.02 Å². The molecule has 4 amide bonds. The number of nitrogens with one attached hydrogen (secondary N) is 2. The van der Waals surface area contributed by atoms with Gasteiger partial charge in [0.2, 0.25) is 5.91 Å². The van der Waals surface area contributed by atoms with Crippen molar-refractivity contribution in [1.29, 1.82) is 0 Å². The van der Waals surface area contributed by atoms with Crippen molar-refractivity contribution < 1.29 is 19.3 Å². The Bertz CT molecular complexity index is 948. The van der Waals surface area contributed by atoms with Gasteiger partial charge in [-0.2, -0.15) is 0 Å². The molecule has 0 spiro atoms. The van der Waals surface area contributed by atoms with E-state index in [1.807, 2.05) is 0 Å². The number of benzene rings is 1. The van der Waals surface area contributed by atoms with E-state index < -0.39 is 40.5 Å². The lowest BCUT2D eigenvalue weighted by Gasteiger charge is -2.19. The van der Waals surface area contributed by atoms with E-state index >= 15 is 0 Å². The fourth-order valence-electron chi connectivity index (χ4n) is 2.67. The molecule has 1 atom stereocenters. The van der Waals surface area contributed by atoms with Crippen molar-refractivity contribution in [3.63, 3.8) is 0 Å². The van der Waals surface area contributed by atoms with E-state index in [1.165, 1.54) is 23.5 Å². The van der Waals surface area contributed by atoms with Crippen LogP contribution in [0.25, 0.3) is 0 Å². The Morgan fingerprint density at radius 1 is 1.41 bits per heavy atom. The Labute approximate surface area is 162 Å². The fraction of sp³-hybridized carbons (Fsp3) is 0.188. The fourth-order valence-corrected chi connectivity index (χ4v) is 3.67. The minimum atomic E-state index is -1.25. The Morgan fingerprint density at radius 2 is 2.15 bits per heavy atom. The molecule has 1 fully saturated rings. The first-order valence-corrected chi connectivity index (χ1v) is 8.90. The maximum atomic E-state index is 12.7. The van der Waals surface area contributed by atoms with Crippen molar-refractivity contribution in [2.24, 2.45) is 0 Å². The smallest absolute Gasteiger partial charge is 0.319 e. The maximum absolute atomic E-state index is 12.7. The monoisotopic (exact) mass is 408 g/mol.